The first kappa shape index (κ1) is 24.5. The van der Waals surface area contributed by atoms with Crippen molar-refractivity contribution in [2.24, 2.45) is 5.92 Å². The van der Waals surface area contributed by atoms with Gasteiger partial charge in [0.1, 0.15) is 0 Å². The summed E-state index contributed by atoms with van der Waals surface area (Å²) in [5.41, 5.74) is 2.57. The van der Waals surface area contributed by atoms with Crippen LogP contribution in [0.4, 0.5) is 5.82 Å². The van der Waals surface area contributed by atoms with Crippen molar-refractivity contribution in [2.75, 3.05) is 57.4 Å². The Morgan fingerprint density at radius 2 is 1.81 bits per heavy atom. The van der Waals surface area contributed by atoms with Gasteiger partial charge in [0.2, 0.25) is 5.91 Å². The van der Waals surface area contributed by atoms with E-state index in [1.165, 1.54) is 0 Å². The molecule has 2 aliphatic rings. The van der Waals surface area contributed by atoms with Crippen molar-refractivity contribution >= 4 is 22.8 Å². The van der Waals surface area contributed by atoms with Crippen LogP contribution in [-0.4, -0.2) is 72.8 Å². The van der Waals surface area contributed by atoms with Gasteiger partial charge in [-0.05, 0) is 43.5 Å². The lowest BCUT2D eigenvalue weighted by Crippen LogP contribution is -2.46. The Bertz CT molecular complexity index is 1220. The summed E-state index contributed by atoms with van der Waals surface area (Å²) in [5, 5.41) is 3.13. The van der Waals surface area contributed by atoms with Crippen LogP contribution in [0.2, 0.25) is 0 Å². The molecule has 1 N–H and O–H groups in total. The molecule has 5 rings (SSSR count). The largest absolute Gasteiger partial charge is 0.379 e. The van der Waals surface area contributed by atoms with Gasteiger partial charge in [-0.25, -0.2) is 4.98 Å². The summed E-state index contributed by atoms with van der Waals surface area (Å²) in [6, 6.07) is 17.8. The molecule has 2 aromatic carbocycles. The van der Waals surface area contributed by atoms with Crippen LogP contribution in [-0.2, 0) is 16.1 Å². The second kappa shape index (κ2) is 11.7. The highest BCUT2D eigenvalue weighted by Crippen LogP contribution is 2.22. The van der Waals surface area contributed by atoms with E-state index in [2.05, 4.69) is 10.2 Å². The highest BCUT2D eigenvalue weighted by Gasteiger charge is 2.28. The summed E-state index contributed by atoms with van der Waals surface area (Å²) in [7, 11) is 0. The number of para-hydroxylation sites is 2. The summed E-state index contributed by atoms with van der Waals surface area (Å²) in [4.78, 5) is 35.8. The van der Waals surface area contributed by atoms with Crippen LogP contribution in [0.25, 0.3) is 11.0 Å². The maximum atomic E-state index is 13.7. The fraction of sp³-hybridized carbons (Fsp3) is 0.464. The van der Waals surface area contributed by atoms with Gasteiger partial charge >= 0.3 is 0 Å². The van der Waals surface area contributed by atoms with Crippen molar-refractivity contribution in [3.63, 3.8) is 0 Å². The van der Waals surface area contributed by atoms with Crippen LogP contribution < -0.4 is 15.8 Å². The summed E-state index contributed by atoms with van der Waals surface area (Å²) in [5.74, 6) is 0.374. The second-order valence-corrected chi connectivity index (χ2v) is 9.68. The van der Waals surface area contributed by atoms with Gasteiger partial charge in [-0.15, -0.1) is 0 Å². The number of benzene rings is 2. The van der Waals surface area contributed by atoms with E-state index in [1.807, 2.05) is 64.1 Å². The molecule has 2 fully saturated rings. The maximum absolute atomic E-state index is 13.7. The summed E-state index contributed by atoms with van der Waals surface area (Å²) >= 11 is 0. The van der Waals surface area contributed by atoms with Gasteiger partial charge in [-0.1, -0.05) is 42.5 Å². The Hall–Kier alpha value is -3.23. The molecule has 0 aliphatic carbocycles. The van der Waals surface area contributed by atoms with Gasteiger partial charge < -0.3 is 15.0 Å². The van der Waals surface area contributed by atoms with Gasteiger partial charge in [0.05, 0.1) is 36.7 Å². The number of rotatable bonds is 8. The summed E-state index contributed by atoms with van der Waals surface area (Å²) < 4.78 is 7.20. The number of hydrogen-bond acceptors (Lipinski definition) is 6. The SMILES string of the molecule is O=C(NCCCN1CCOCC1)[C@@H]1CCCN(c2nc3ccccc3n(Cc3ccccc3)c2=O)C1. The van der Waals surface area contributed by atoms with Gasteiger partial charge in [-0.3, -0.25) is 19.1 Å². The minimum Gasteiger partial charge on any atom is -0.379 e. The Labute approximate surface area is 211 Å². The van der Waals surface area contributed by atoms with Gasteiger partial charge in [0, 0.05) is 32.7 Å². The zero-order valence-electron chi connectivity index (χ0n) is 20.8. The Kier molecular flexibility index (Phi) is 7.93. The third-order valence-corrected chi connectivity index (χ3v) is 7.16. The highest BCUT2D eigenvalue weighted by atomic mass is 16.5. The van der Waals surface area contributed by atoms with E-state index in [4.69, 9.17) is 9.72 Å². The number of fused-ring (bicyclic) bond motifs is 1. The molecule has 1 aromatic heterocycles. The topological polar surface area (TPSA) is 79.7 Å². The average molecular weight is 490 g/mol. The number of morpholine rings is 1. The van der Waals surface area contributed by atoms with Crippen LogP contribution in [0.5, 0.6) is 0 Å². The van der Waals surface area contributed by atoms with Crippen molar-refractivity contribution in [2.45, 2.75) is 25.8 Å². The monoisotopic (exact) mass is 489 g/mol. The number of amides is 1. The second-order valence-electron chi connectivity index (χ2n) is 9.68. The Morgan fingerprint density at radius 3 is 2.64 bits per heavy atom. The molecule has 36 heavy (non-hydrogen) atoms. The van der Waals surface area contributed by atoms with E-state index >= 15 is 0 Å². The molecule has 190 valence electrons. The summed E-state index contributed by atoms with van der Waals surface area (Å²) in [6.07, 6.45) is 2.62. The molecule has 2 aliphatic heterocycles. The van der Waals surface area contributed by atoms with E-state index in [9.17, 15) is 9.59 Å². The first-order chi connectivity index (χ1) is 17.7. The molecule has 1 atom stereocenters. The number of carbonyl (C=O) groups is 1. The predicted octanol–water partition coefficient (Wildman–Crippen LogP) is 2.50. The van der Waals surface area contributed by atoms with Crippen molar-refractivity contribution in [1.82, 2.24) is 19.8 Å². The molecule has 0 unspecified atom stereocenters. The molecule has 8 heteroatoms. The van der Waals surface area contributed by atoms with Crippen LogP contribution in [0, 0.1) is 5.92 Å². The third-order valence-electron chi connectivity index (χ3n) is 7.16. The van der Waals surface area contributed by atoms with E-state index < -0.39 is 0 Å². The van der Waals surface area contributed by atoms with E-state index in [1.54, 1.807) is 0 Å². The molecule has 8 nitrogen and oxygen atoms in total. The molecule has 0 bridgehead atoms. The first-order valence-electron chi connectivity index (χ1n) is 13.1. The minimum atomic E-state index is -0.141. The fourth-order valence-corrected chi connectivity index (χ4v) is 5.17. The molecule has 3 heterocycles. The normalized spacial score (nSPS) is 18.9. The maximum Gasteiger partial charge on any atom is 0.294 e. The number of ether oxygens (including phenoxy) is 1. The first-order valence-corrected chi connectivity index (χ1v) is 13.1. The van der Waals surface area contributed by atoms with Gasteiger partial charge in [-0.2, -0.15) is 0 Å². The number of piperidine rings is 1. The molecular formula is C28H35N5O3. The van der Waals surface area contributed by atoms with Crippen molar-refractivity contribution in [1.29, 1.82) is 0 Å². The molecule has 0 saturated carbocycles. The van der Waals surface area contributed by atoms with Crippen LogP contribution in [0.1, 0.15) is 24.8 Å². The standard InChI is InChI=1S/C28H35N5O3/c34-27(29-13-7-14-31-16-18-36-19-17-31)23-10-6-15-32(21-23)26-28(35)33(20-22-8-2-1-3-9-22)25-12-5-4-11-24(25)30-26/h1-5,8-9,11-12,23H,6-7,10,13-21H2,(H,29,34)/t23-/m1/s1. The number of hydrogen-bond donors (Lipinski definition) is 1. The fourth-order valence-electron chi connectivity index (χ4n) is 5.17. The van der Waals surface area contributed by atoms with Crippen LogP contribution in [0.15, 0.2) is 59.4 Å². The Morgan fingerprint density at radius 1 is 1.03 bits per heavy atom. The van der Waals surface area contributed by atoms with Crippen molar-refractivity contribution in [3.05, 3.63) is 70.5 Å². The minimum absolute atomic E-state index is 0.0760. The lowest BCUT2D eigenvalue weighted by molar-refractivity contribution is -0.125. The number of anilines is 1. The van der Waals surface area contributed by atoms with E-state index in [0.29, 0.717) is 25.5 Å². The van der Waals surface area contributed by atoms with Crippen LogP contribution >= 0.6 is 0 Å². The van der Waals surface area contributed by atoms with E-state index in [0.717, 1.165) is 75.3 Å². The average Bonchev–Trinajstić information content (AvgIpc) is 2.93. The lowest BCUT2D eigenvalue weighted by Gasteiger charge is -2.33. The number of carbonyl (C=O) groups excluding carboxylic acids is 1. The number of nitrogens with one attached hydrogen (secondary N) is 1. The number of aromatic nitrogens is 2. The third kappa shape index (κ3) is 5.77. The van der Waals surface area contributed by atoms with Crippen molar-refractivity contribution in [3.8, 4) is 0 Å². The van der Waals surface area contributed by atoms with E-state index in [-0.39, 0.29) is 17.4 Å². The Balaban J connectivity index is 1.28. The molecule has 0 radical (unpaired) electrons. The molecule has 2 saturated heterocycles. The van der Waals surface area contributed by atoms with Gasteiger partial charge in [0.15, 0.2) is 5.82 Å². The lowest BCUT2D eigenvalue weighted by atomic mass is 9.97. The molecule has 3 aromatic rings. The zero-order chi connectivity index (χ0) is 24.7. The zero-order valence-corrected chi connectivity index (χ0v) is 20.8. The van der Waals surface area contributed by atoms with Crippen molar-refractivity contribution < 1.29 is 9.53 Å². The molecular weight excluding hydrogens is 454 g/mol. The summed E-state index contributed by atoms with van der Waals surface area (Å²) in [6.45, 7) is 6.89. The smallest absolute Gasteiger partial charge is 0.294 e. The molecule has 0 spiro atoms. The quantitative estimate of drug-likeness (QED) is 0.490. The molecule has 1 amide bonds. The van der Waals surface area contributed by atoms with Crippen LogP contribution in [0.3, 0.4) is 0 Å². The van der Waals surface area contributed by atoms with Gasteiger partial charge in [0.25, 0.3) is 5.56 Å². The number of nitrogens with zero attached hydrogens (tertiary/aromatic N) is 4. The predicted molar refractivity (Wildman–Crippen MR) is 141 cm³/mol. The highest BCUT2D eigenvalue weighted by molar-refractivity contribution is 5.80.